The van der Waals surface area contributed by atoms with E-state index in [0.29, 0.717) is 0 Å². The number of esters is 1. The number of rotatable bonds is 4. The van der Waals surface area contributed by atoms with Crippen LogP contribution in [0.4, 0.5) is 5.69 Å². The van der Waals surface area contributed by atoms with Crippen LogP contribution in [-0.2, 0) is 4.79 Å². The molecule has 0 aliphatic carbocycles. The van der Waals surface area contributed by atoms with Gasteiger partial charge in [-0.2, -0.15) is 9.97 Å². The zero-order chi connectivity index (χ0) is 16.3. The van der Waals surface area contributed by atoms with Crippen LogP contribution in [0.15, 0.2) is 24.5 Å². The Morgan fingerprint density at radius 1 is 1.14 bits per heavy atom. The van der Waals surface area contributed by atoms with E-state index in [4.69, 9.17) is 9.47 Å². The van der Waals surface area contributed by atoms with Gasteiger partial charge in [-0.15, -0.1) is 0 Å². The molecule has 2 aromatic rings. The Morgan fingerprint density at radius 2 is 1.68 bits per heavy atom. The minimum Gasteiger partial charge on any atom is -0.423 e. The smallest absolute Gasteiger partial charge is 0.322 e. The maximum Gasteiger partial charge on any atom is 0.322 e. The fourth-order valence-corrected chi connectivity index (χ4v) is 1.63. The molecule has 0 aliphatic rings. The van der Waals surface area contributed by atoms with Gasteiger partial charge in [0, 0.05) is 6.92 Å². The molecule has 0 fully saturated rings. The molecule has 2 rings (SSSR count). The van der Waals surface area contributed by atoms with Gasteiger partial charge in [0.2, 0.25) is 0 Å². The van der Waals surface area contributed by atoms with Crippen molar-refractivity contribution in [3.05, 3.63) is 45.8 Å². The number of hydrogen-bond acceptors (Lipinski definition) is 7. The minimum atomic E-state index is -0.607. The number of nitro groups is 1. The number of benzene rings is 1. The second kappa shape index (κ2) is 6.17. The normalized spacial score (nSPS) is 10.1. The number of nitrogens with zero attached hydrogens (tertiary/aromatic N) is 3. The van der Waals surface area contributed by atoms with Crippen LogP contribution in [0, 0.1) is 24.0 Å². The minimum absolute atomic E-state index is 0.0812. The molecule has 1 aromatic heterocycles. The van der Waals surface area contributed by atoms with Gasteiger partial charge >= 0.3 is 17.7 Å². The summed E-state index contributed by atoms with van der Waals surface area (Å²) in [4.78, 5) is 28.6. The van der Waals surface area contributed by atoms with Gasteiger partial charge < -0.3 is 9.47 Å². The molecule has 0 aliphatic heterocycles. The predicted molar refractivity (Wildman–Crippen MR) is 76.0 cm³/mol. The first-order valence-corrected chi connectivity index (χ1v) is 6.31. The summed E-state index contributed by atoms with van der Waals surface area (Å²) < 4.78 is 10.5. The molecule has 1 aromatic carbocycles. The summed E-state index contributed by atoms with van der Waals surface area (Å²) in [7, 11) is 0. The number of aromatic nitrogens is 2. The van der Waals surface area contributed by atoms with Crippen molar-refractivity contribution in [3.8, 4) is 17.5 Å². The Balaban J connectivity index is 2.33. The standard InChI is InChI=1S/C14H13N3O5/c1-8-4-12(21-10(3)18)13(5-9(8)2)22-14-15-6-11(7-16-14)17(19)20/h4-7H,1-3H3. The first-order valence-electron chi connectivity index (χ1n) is 6.31. The molecule has 0 radical (unpaired) electrons. The quantitative estimate of drug-likeness (QED) is 0.370. The van der Waals surface area contributed by atoms with E-state index in [9.17, 15) is 14.9 Å². The van der Waals surface area contributed by atoms with E-state index >= 15 is 0 Å². The average Bonchev–Trinajstić information content (AvgIpc) is 2.44. The maximum atomic E-state index is 11.1. The third-order valence-electron chi connectivity index (χ3n) is 2.84. The third-order valence-corrected chi connectivity index (χ3v) is 2.84. The Labute approximate surface area is 125 Å². The van der Waals surface area contributed by atoms with Crippen LogP contribution >= 0.6 is 0 Å². The van der Waals surface area contributed by atoms with Crippen LogP contribution in [0.3, 0.4) is 0 Å². The SMILES string of the molecule is CC(=O)Oc1cc(C)c(C)cc1Oc1ncc([N+](=O)[O-])cn1. The summed E-state index contributed by atoms with van der Waals surface area (Å²) in [6.07, 6.45) is 2.07. The highest BCUT2D eigenvalue weighted by Crippen LogP contribution is 2.33. The highest BCUT2D eigenvalue weighted by Gasteiger charge is 2.14. The van der Waals surface area contributed by atoms with Gasteiger partial charge in [0.1, 0.15) is 12.4 Å². The van der Waals surface area contributed by atoms with Crippen LogP contribution in [0.2, 0.25) is 0 Å². The van der Waals surface area contributed by atoms with Crippen LogP contribution in [0.5, 0.6) is 17.5 Å². The first-order chi connectivity index (χ1) is 10.4. The number of hydrogen-bond donors (Lipinski definition) is 0. The predicted octanol–water partition coefficient (Wildman–Crippen LogP) is 2.72. The third kappa shape index (κ3) is 3.54. The number of ether oxygens (including phenoxy) is 2. The van der Waals surface area contributed by atoms with E-state index in [-0.39, 0.29) is 23.2 Å². The van der Waals surface area contributed by atoms with Crippen molar-refractivity contribution in [2.24, 2.45) is 0 Å². The molecule has 0 saturated heterocycles. The van der Waals surface area contributed by atoms with Crippen molar-refractivity contribution in [2.75, 3.05) is 0 Å². The zero-order valence-corrected chi connectivity index (χ0v) is 12.2. The van der Waals surface area contributed by atoms with E-state index in [1.165, 1.54) is 6.92 Å². The van der Waals surface area contributed by atoms with E-state index < -0.39 is 10.9 Å². The van der Waals surface area contributed by atoms with E-state index in [0.717, 1.165) is 23.5 Å². The van der Waals surface area contributed by atoms with Gasteiger partial charge in [-0.25, -0.2) is 0 Å². The number of aryl methyl sites for hydroxylation is 2. The molecule has 0 unspecified atom stereocenters. The first kappa shape index (κ1) is 15.4. The van der Waals surface area contributed by atoms with E-state index in [1.54, 1.807) is 12.1 Å². The Kier molecular flexibility index (Phi) is 4.31. The fourth-order valence-electron chi connectivity index (χ4n) is 1.63. The van der Waals surface area contributed by atoms with Crippen molar-refractivity contribution >= 4 is 11.7 Å². The van der Waals surface area contributed by atoms with Gasteiger partial charge in [-0.3, -0.25) is 14.9 Å². The summed E-state index contributed by atoms with van der Waals surface area (Å²) >= 11 is 0. The van der Waals surface area contributed by atoms with Crippen LogP contribution < -0.4 is 9.47 Å². The van der Waals surface area contributed by atoms with Crippen molar-refractivity contribution in [3.63, 3.8) is 0 Å². The molecule has 0 saturated carbocycles. The number of carbonyl (C=O) groups excluding carboxylic acids is 1. The lowest BCUT2D eigenvalue weighted by Crippen LogP contribution is -2.04. The molecule has 0 bridgehead atoms. The topological polar surface area (TPSA) is 104 Å². The van der Waals surface area contributed by atoms with E-state index in [2.05, 4.69) is 9.97 Å². The van der Waals surface area contributed by atoms with Crippen LogP contribution in [0.1, 0.15) is 18.1 Å². The lowest BCUT2D eigenvalue weighted by atomic mass is 10.1. The largest absolute Gasteiger partial charge is 0.423 e. The summed E-state index contributed by atoms with van der Waals surface area (Å²) in [6.45, 7) is 5.02. The molecular weight excluding hydrogens is 290 g/mol. The van der Waals surface area contributed by atoms with Gasteiger partial charge in [0.05, 0.1) is 4.92 Å². The molecule has 0 N–H and O–H groups in total. The molecule has 1 heterocycles. The average molecular weight is 303 g/mol. The molecule has 0 amide bonds. The molecule has 114 valence electrons. The van der Waals surface area contributed by atoms with Crippen molar-refractivity contribution in [1.29, 1.82) is 0 Å². The second-order valence-electron chi connectivity index (χ2n) is 4.56. The monoisotopic (exact) mass is 303 g/mol. The molecule has 8 heteroatoms. The number of carbonyl (C=O) groups is 1. The zero-order valence-electron chi connectivity index (χ0n) is 12.2. The maximum absolute atomic E-state index is 11.1. The lowest BCUT2D eigenvalue weighted by molar-refractivity contribution is -0.385. The molecular formula is C14H13N3O5. The van der Waals surface area contributed by atoms with Gasteiger partial charge in [-0.05, 0) is 37.1 Å². The second-order valence-corrected chi connectivity index (χ2v) is 4.56. The Bertz CT molecular complexity index is 728. The highest BCUT2D eigenvalue weighted by atomic mass is 16.6. The van der Waals surface area contributed by atoms with Crippen LogP contribution in [0.25, 0.3) is 0 Å². The van der Waals surface area contributed by atoms with Gasteiger partial charge in [0.25, 0.3) is 0 Å². The van der Waals surface area contributed by atoms with Gasteiger partial charge in [0.15, 0.2) is 11.5 Å². The van der Waals surface area contributed by atoms with Gasteiger partial charge in [-0.1, -0.05) is 0 Å². The summed E-state index contributed by atoms with van der Waals surface area (Å²) in [5.74, 6) is 0.00225. The fraction of sp³-hybridized carbons (Fsp3) is 0.214. The highest BCUT2D eigenvalue weighted by molar-refractivity contribution is 5.70. The molecule has 0 spiro atoms. The van der Waals surface area contributed by atoms with E-state index in [1.807, 2.05) is 13.8 Å². The van der Waals surface area contributed by atoms with Crippen molar-refractivity contribution in [2.45, 2.75) is 20.8 Å². The van der Waals surface area contributed by atoms with Crippen LogP contribution in [-0.4, -0.2) is 20.9 Å². The lowest BCUT2D eigenvalue weighted by Gasteiger charge is -2.11. The Morgan fingerprint density at radius 3 is 2.18 bits per heavy atom. The summed E-state index contributed by atoms with van der Waals surface area (Å²) in [5.41, 5.74) is 1.61. The Hall–Kier alpha value is -3.03. The molecule has 0 atom stereocenters. The molecule has 8 nitrogen and oxygen atoms in total. The summed E-state index contributed by atoms with van der Waals surface area (Å²) in [6, 6.07) is 3.26. The van der Waals surface area contributed by atoms with Crippen molar-refractivity contribution < 1.29 is 19.2 Å². The summed E-state index contributed by atoms with van der Waals surface area (Å²) in [5, 5.41) is 10.6. The van der Waals surface area contributed by atoms with Crippen molar-refractivity contribution in [1.82, 2.24) is 9.97 Å². The molecule has 22 heavy (non-hydrogen) atoms.